The Kier molecular flexibility index (Phi) is 6.46. The first-order valence-corrected chi connectivity index (χ1v) is 14.3. The molecule has 3 aliphatic rings. The third kappa shape index (κ3) is 4.42. The molecule has 3 aromatic rings. The molecule has 0 saturated heterocycles. The lowest BCUT2D eigenvalue weighted by Gasteiger charge is -2.27. The van der Waals surface area contributed by atoms with Gasteiger partial charge in [-0.25, -0.2) is 4.98 Å². The van der Waals surface area contributed by atoms with E-state index in [1.54, 1.807) is 0 Å². The first-order chi connectivity index (χ1) is 16.1. The van der Waals surface area contributed by atoms with Crippen molar-refractivity contribution in [1.29, 1.82) is 0 Å². The Hall–Kier alpha value is -1.97. The van der Waals surface area contributed by atoms with Gasteiger partial charge in [0.15, 0.2) is 10.9 Å². The molecule has 2 fully saturated rings. The second-order valence-electron chi connectivity index (χ2n) is 8.46. The summed E-state index contributed by atoms with van der Waals surface area (Å²) in [4.78, 5) is 47.9. The van der Waals surface area contributed by atoms with Crippen LogP contribution in [-0.4, -0.2) is 38.4 Å². The normalized spacial score (nSPS) is 17.5. The molecule has 0 aromatic carbocycles. The van der Waals surface area contributed by atoms with Crippen molar-refractivity contribution in [1.82, 2.24) is 14.5 Å². The van der Waals surface area contributed by atoms with Crippen LogP contribution in [0.25, 0.3) is 10.2 Å². The average Bonchev–Trinajstić information content (AvgIpc) is 3.76. The van der Waals surface area contributed by atoms with Crippen LogP contribution in [0, 0.1) is 5.92 Å². The first kappa shape index (κ1) is 22.8. The molecule has 33 heavy (non-hydrogen) atoms. The van der Waals surface area contributed by atoms with Crippen molar-refractivity contribution in [2.45, 2.75) is 63.7 Å². The quantitative estimate of drug-likeness (QED) is 0.265. The Morgan fingerprint density at radius 3 is 2.67 bits per heavy atom. The zero-order valence-electron chi connectivity index (χ0n) is 18.8. The summed E-state index contributed by atoms with van der Waals surface area (Å²) in [6.07, 6.45) is 4.70. The van der Waals surface area contributed by atoms with Crippen LogP contribution in [0.2, 0.25) is 0 Å². The van der Waals surface area contributed by atoms with Crippen LogP contribution in [0.4, 0.5) is 0 Å². The molecule has 1 amide bonds. The molecule has 3 aromatic heterocycles. The Morgan fingerprint density at radius 1 is 1.21 bits per heavy atom. The van der Waals surface area contributed by atoms with E-state index in [4.69, 9.17) is 4.98 Å². The number of thioether (sulfide) groups is 1. The van der Waals surface area contributed by atoms with Gasteiger partial charge in [-0.15, -0.1) is 22.7 Å². The Bertz CT molecular complexity index is 1250. The predicted octanol–water partition coefficient (Wildman–Crippen LogP) is 5.15. The molecule has 2 saturated carbocycles. The van der Waals surface area contributed by atoms with Crippen LogP contribution in [0.1, 0.15) is 65.7 Å². The number of carbonyl (C=O) groups excluding carboxylic acids is 2. The summed E-state index contributed by atoms with van der Waals surface area (Å²) in [5.41, 5.74) is 1.11. The minimum Gasteiger partial charge on any atom is -0.337 e. The molecule has 0 bridgehead atoms. The van der Waals surface area contributed by atoms with Crippen molar-refractivity contribution in [3.8, 4) is 0 Å². The number of thiophene rings is 2. The number of nitrogens with zero attached hydrogens (tertiary/aromatic N) is 3. The molecule has 0 spiro atoms. The summed E-state index contributed by atoms with van der Waals surface area (Å²) in [7, 11) is 0. The van der Waals surface area contributed by atoms with Gasteiger partial charge < -0.3 is 4.90 Å². The number of fused-ring (bicyclic) bond motifs is 3. The maximum atomic E-state index is 13.5. The van der Waals surface area contributed by atoms with E-state index in [1.807, 2.05) is 40.8 Å². The lowest BCUT2D eigenvalue weighted by atomic mass is 10.0. The van der Waals surface area contributed by atoms with E-state index in [-0.39, 0.29) is 35.0 Å². The van der Waals surface area contributed by atoms with E-state index < -0.39 is 0 Å². The maximum Gasteiger partial charge on any atom is 0.263 e. The number of carbonyl (C=O) groups is 2. The van der Waals surface area contributed by atoms with Crippen molar-refractivity contribution in [3.05, 3.63) is 43.2 Å². The monoisotopic (exact) mass is 501 g/mol. The summed E-state index contributed by atoms with van der Waals surface area (Å²) >= 11 is 4.34. The molecule has 9 heteroatoms. The number of Topliss-reactive ketones (excluding diaryl/α,β-unsaturated/α-hetero) is 1. The molecule has 0 N–H and O–H groups in total. The van der Waals surface area contributed by atoms with Gasteiger partial charge in [0.05, 0.1) is 22.6 Å². The predicted molar refractivity (Wildman–Crippen MR) is 135 cm³/mol. The van der Waals surface area contributed by atoms with Gasteiger partial charge in [-0.3, -0.25) is 19.0 Å². The fraction of sp³-hybridized carbons (Fsp3) is 0.500. The van der Waals surface area contributed by atoms with Gasteiger partial charge in [0, 0.05) is 23.4 Å². The van der Waals surface area contributed by atoms with Crippen molar-refractivity contribution >= 4 is 56.3 Å². The SMILES string of the molecule is CC.O=C(CSc1nc2sc3c(c2c(=O)n1C1CC1)CCN(C(=O)C1CC1)C3)c1cccs1. The van der Waals surface area contributed by atoms with Gasteiger partial charge in [-0.05, 0) is 49.1 Å². The summed E-state index contributed by atoms with van der Waals surface area (Å²) in [5.74, 6) is 0.816. The van der Waals surface area contributed by atoms with Gasteiger partial charge in [0.25, 0.3) is 5.56 Å². The minimum absolute atomic E-state index is 0.0260. The van der Waals surface area contributed by atoms with Crippen LogP contribution >= 0.6 is 34.4 Å². The van der Waals surface area contributed by atoms with Crippen molar-refractivity contribution in [3.63, 3.8) is 0 Å². The highest BCUT2D eigenvalue weighted by Crippen LogP contribution is 2.40. The van der Waals surface area contributed by atoms with Gasteiger partial charge in [-0.2, -0.15) is 0 Å². The minimum atomic E-state index is 0.0260. The standard InChI is InChI=1S/C22H21N3O3S3.C2H6/c26-15(16-2-1-9-29-16)11-30-22-23-19-18(21(28)25(22)13-5-6-13)14-7-8-24(10-17(14)31-19)20(27)12-3-4-12;1-2/h1-2,9,12-13H,3-8,10-11H2;1-2H3. The fourth-order valence-corrected chi connectivity index (χ4v) is 7.19. The highest BCUT2D eigenvalue weighted by molar-refractivity contribution is 7.99. The third-order valence-electron chi connectivity index (χ3n) is 6.15. The van der Waals surface area contributed by atoms with Crippen molar-refractivity contribution in [2.75, 3.05) is 12.3 Å². The smallest absolute Gasteiger partial charge is 0.263 e. The van der Waals surface area contributed by atoms with E-state index in [0.29, 0.717) is 18.2 Å². The number of rotatable bonds is 6. The molecular formula is C24H27N3O3S3. The van der Waals surface area contributed by atoms with E-state index in [2.05, 4.69) is 0 Å². The molecular weight excluding hydrogens is 474 g/mol. The second kappa shape index (κ2) is 9.35. The third-order valence-corrected chi connectivity index (χ3v) is 9.13. The highest BCUT2D eigenvalue weighted by Gasteiger charge is 2.36. The molecule has 174 valence electrons. The van der Waals surface area contributed by atoms with E-state index in [1.165, 1.54) is 34.4 Å². The number of ketones is 1. The maximum absolute atomic E-state index is 13.5. The molecule has 0 unspecified atom stereocenters. The topological polar surface area (TPSA) is 72.3 Å². The van der Waals surface area contributed by atoms with Gasteiger partial charge >= 0.3 is 0 Å². The first-order valence-electron chi connectivity index (χ1n) is 11.6. The van der Waals surface area contributed by atoms with E-state index in [9.17, 15) is 14.4 Å². The van der Waals surface area contributed by atoms with Gasteiger partial charge in [-0.1, -0.05) is 31.7 Å². The Labute approximate surface area is 205 Å². The Morgan fingerprint density at radius 2 is 2.00 bits per heavy atom. The number of aromatic nitrogens is 2. The number of hydrogen-bond donors (Lipinski definition) is 0. The second-order valence-corrected chi connectivity index (χ2v) is 11.4. The number of amides is 1. The van der Waals surface area contributed by atoms with Gasteiger partial charge in [0.1, 0.15) is 4.83 Å². The number of hydrogen-bond acceptors (Lipinski definition) is 7. The Balaban J connectivity index is 0.00000111. The van der Waals surface area contributed by atoms with Gasteiger partial charge in [0.2, 0.25) is 5.91 Å². The van der Waals surface area contributed by atoms with Crippen LogP contribution < -0.4 is 5.56 Å². The molecule has 6 rings (SSSR count). The van der Waals surface area contributed by atoms with Crippen molar-refractivity contribution < 1.29 is 9.59 Å². The lowest BCUT2D eigenvalue weighted by Crippen LogP contribution is -2.36. The molecule has 0 atom stereocenters. The summed E-state index contributed by atoms with van der Waals surface area (Å²) in [6.45, 7) is 5.27. The van der Waals surface area contributed by atoms with Crippen LogP contribution in [0.3, 0.4) is 0 Å². The van der Waals surface area contributed by atoms with Crippen LogP contribution in [0.15, 0.2) is 27.5 Å². The van der Waals surface area contributed by atoms with E-state index in [0.717, 1.165) is 57.6 Å². The largest absolute Gasteiger partial charge is 0.337 e. The van der Waals surface area contributed by atoms with Crippen LogP contribution in [-0.2, 0) is 17.8 Å². The highest BCUT2D eigenvalue weighted by atomic mass is 32.2. The molecule has 2 aliphatic carbocycles. The summed E-state index contributed by atoms with van der Waals surface area (Å²) in [5, 5.41) is 3.28. The molecule has 1 aliphatic heterocycles. The summed E-state index contributed by atoms with van der Waals surface area (Å²) in [6, 6.07) is 3.90. The van der Waals surface area contributed by atoms with E-state index >= 15 is 0 Å². The van der Waals surface area contributed by atoms with Crippen LogP contribution in [0.5, 0.6) is 0 Å². The lowest BCUT2D eigenvalue weighted by molar-refractivity contribution is -0.133. The molecule has 6 nitrogen and oxygen atoms in total. The molecule has 4 heterocycles. The summed E-state index contributed by atoms with van der Waals surface area (Å²) < 4.78 is 1.82. The zero-order valence-corrected chi connectivity index (χ0v) is 21.3. The zero-order chi connectivity index (χ0) is 23.1. The molecule has 0 radical (unpaired) electrons. The average molecular weight is 502 g/mol. The fourth-order valence-electron chi connectivity index (χ4n) is 4.21. The van der Waals surface area contributed by atoms with Crippen molar-refractivity contribution in [2.24, 2.45) is 5.92 Å².